The third-order valence-corrected chi connectivity index (χ3v) is 3.37. The number of halogens is 1. The number of carbonyl (C=O) groups is 1. The average Bonchev–Trinajstić information content (AvgIpc) is 2.35. The number of sulfonamides is 1. The van der Waals surface area contributed by atoms with Crippen molar-refractivity contribution >= 4 is 27.6 Å². The van der Waals surface area contributed by atoms with E-state index in [0.29, 0.717) is 11.3 Å². The zero-order chi connectivity index (χ0) is 14.5. The molecule has 1 aromatic rings. The average molecular weight is 308 g/mol. The lowest BCUT2D eigenvalue weighted by Crippen LogP contribution is -2.13. The maximum atomic E-state index is 11.2. The Labute approximate surface area is 116 Å². The highest BCUT2D eigenvalue weighted by atomic mass is 35.5. The summed E-state index contributed by atoms with van der Waals surface area (Å²) in [6, 6.07) is 4.07. The number of carbonyl (C=O) groups excluding carboxylic acids is 1. The number of hydrogen-bond donors (Lipinski definition) is 1. The van der Waals surface area contributed by atoms with Crippen LogP contribution in [0.1, 0.15) is 12.0 Å². The minimum Gasteiger partial charge on any atom is -0.496 e. The highest BCUT2D eigenvalue weighted by Crippen LogP contribution is 2.22. The minimum atomic E-state index is -3.82. The lowest BCUT2D eigenvalue weighted by Gasteiger charge is -2.10. The maximum Gasteiger partial charge on any atom is 0.307 e. The minimum absolute atomic E-state index is 0.0725. The van der Waals surface area contributed by atoms with E-state index in [1.54, 1.807) is 0 Å². The zero-order valence-electron chi connectivity index (χ0n) is 10.3. The van der Waals surface area contributed by atoms with Crippen LogP contribution in [0.5, 0.6) is 5.75 Å². The van der Waals surface area contributed by atoms with Crippen LogP contribution in [-0.4, -0.2) is 27.4 Å². The van der Waals surface area contributed by atoms with Crippen LogP contribution < -0.4 is 9.88 Å². The molecule has 0 fully saturated rings. The van der Waals surface area contributed by atoms with E-state index in [0.717, 1.165) is 0 Å². The second-order valence-electron chi connectivity index (χ2n) is 3.62. The van der Waals surface area contributed by atoms with Gasteiger partial charge in [-0.3, -0.25) is 4.79 Å². The Morgan fingerprint density at radius 2 is 2.11 bits per heavy atom. The van der Waals surface area contributed by atoms with Crippen molar-refractivity contribution in [1.82, 2.24) is 0 Å². The van der Waals surface area contributed by atoms with Crippen LogP contribution in [0, 0.1) is 0 Å². The van der Waals surface area contributed by atoms with E-state index < -0.39 is 16.0 Å². The maximum absolute atomic E-state index is 11.2. The summed E-state index contributed by atoms with van der Waals surface area (Å²) in [6.45, 7) is -0.109. The standard InChI is InChI=1S/C11H14ClNO5S/c1-17-10-3-2-9(19(13,15)16)6-8(10)7-18-11(14)4-5-12/h2-3,6H,4-5,7H2,1H3,(H2,13,15,16). The molecule has 6 nitrogen and oxygen atoms in total. The SMILES string of the molecule is COc1ccc(S(N)(=O)=O)cc1COC(=O)CCCl. The van der Waals surface area contributed by atoms with Crippen molar-refractivity contribution in [2.45, 2.75) is 17.9 Å². The predicted octanol–water partition coefficient (Wildman–Crippen LogP) is 1.01. The number of ether oxygens (including phenoxy) is 2. The Morgan fingerprint density at radius 1 is 1.42 bits per heavy atom. The fraction of sp³-hybridized carbons (Fsp3) is 0.364. The third kappa shape index (κ3) is 4.70. The molecule has 0 saturated carbocycles. The van der Waals surface area contributed by atoms with E-state index in [9.17, 15) is 13.2 Å². The Kier molecular flexibility index (Phi) is 5.59. The van der Waals surface area contributed by atoms with E-state index in [1.807, 2.05) is 0 Å². The van der Waals surface area contributed by atoms with Gasteiger partial charge in [0.15, 0.2) is 0 Å². The summed E-state index contributed by atoms with van der Waals surface area (Å²) in [7, 11) is -2.39. The van der Waals surface area contributed by atoms with Gasteiger partial charge in [-0.15, -0.1) is 11.6 Å². The first-order chi connectivity index (χ1) is 8.88. The van der Waals surface area contributed by atoms with Crippen LogP contribution in [0.25, 0.3) is 0 Å². The van der Waals surface area contributed by atoms with Crippen LogP contribution in [-0.2, 0) is 26.2 Å². The van der Waals surface area contributed by atoms with Gasteiger partial charge in [0.25, 0.3) is 0 Å². The Balaban J connectivity index is 2.94. The van der Waals surface area contributed by atoms with E-state index >= 15 is 0 Å². The van der Waals surface area contributed by atoms with Crippen molar-refractivity contribution in [2.75, 3.05) is 13.0 Å². The molecular formula is C11H14ClNO5S. The molecule has 0 spiro atoms. The Bertz CT molecular complexity index is 558. The summed E-state index contributed by atoms with van der Waals surface area (Å²) >= 11 is 5.40. The molecule has 0 unspecified atom stereocenters. The van der Waals surface area contributed by atoms with E-state index in [4.69, 9.17) is 26.2 Å². The molecule has 0 heterocycles. The first-order valence-electron chi connectivity index (χ1n) is 5.29. The van der Waals surface area contributed by atoms with Gasteiger partial charge in [0.05, 0.1) is 18.4 Å². The molecule has 0 aliphatic heterocycles. The second-order valence-corrected chi connectivity index (χ2v) is 5.56. The molecule has 2 N–H and O–H groups in total. The summed E-state index contributed by atoms with van der Waals surface area (Å²) in [6.07, 6.45) is 0.0821. The highest BCUT2D eigenvalue weighted by molar-refractivity contribution is 7.89. The van der Waals surface area contributed by atoms with Gasteiger partial charge in [-0.2, -0.15) is 0 Å². The Morgan fingerprint density at radius 3 is 2.63 bits per heavy atom. The summed E-state index contributed by atoms with van der Waals surface area (Å²) in [5.41, 5.74) is 0.414. The summed E-state index contributed by atoms with van der Waals surface area (Å²) in [5.74, 6) is 0.0943. The number of esters is 1. The largest absolute Gasteiger partial charge is 0.496 e. The van der Waals surface area contributed by atoms with Crippen molar-refractivity contribution in [2.24, 2.45) is 5.14 Å². The monoisotopic (exact) mass is 307 g/mol. The summed E-state index contributed by atoms with van der Waals surface area (Å²) in [4.78, 5) is 11.1. The first-order valence-corrected chi connectivity index (χ1v) is 7.38. The van der Waals surface area contributed by atoms with Gasteiger partial charge in [0.2, 0.25) is 10.0 Å². The number of benzene rings is 1. The smallest absolute Gasteiger partial charge is 0.307 e. The fourth-order valence-electron chi connectivity index (χ4n) is 1.35. The molecular weight excluding hydrogens is 294 g/mol. The molecule has 1 rings (SSSR count). The highest BCUT2D eigenvalue weighted by Gasteiger charge is 2.13. The molecule has 1 aromatic carbocycles. The molecule has 0 aliphatic rings. The number of alkyl halides is 1. The topological polar surface area (TPSA) is 95.7 Å². The summed E-state index contributed by atoms with van der Waals surface area (Å²) in [5, 5.41) is 5.03. The molecule has 19 heavy (non-hydrogen) atoms. The normalized spacial score (nSPS) is 11.1. The first kappa shape index (κ1) is 15.7. The van der Waals surface area contributed by atoms with Crippen molar-refractivity contribution in [3.05, 3.63) is 23.8 Å². The number of methoxy groups -OCH3 is 1. The number of hydrogen-bond acceptors (Lipinski definition) is 5. The van der Waals surface area contributed by atoms with Gasteiger partial charge in [-0.25, -0.2) is 13.6 Å². The van der Waals surface area contributed by atoms with Gasteiger partial charge in [0, 0.05) is 11.4 Å². The van der Waals surface area contributed by atoms with Gasteiger partial charge in [-0.1, -0.05) is 0 Å². The van der Waals surface area contributed by atoms with E-state index in [-0.39, 0.29) is 23.8 Å². The molecule has 0 aliphatic carbocycles. The van der Waals surface area contributed by atoms with Crippen molar-refractivity contribution in [3.8, 4) is 5.75 Å². The molecule has 8 heteroatoms. The lowest BCUT2D eigenvalue weighted by atomic mass is 10.2. The molecule has 0 saturated heterocycles. The van der Waals surface area contributed by atoms with Crippen molar-refractivity contribution < 1.29 is 22.7 Å². The van der Waals surface area contributed by atoms with Crippen LogP contribution in [0.4, 0.5) is 0 Å². The van der Waals surface area contributed by atoms with Crippen LogP contribution in [0.2, 0.25) is 0 Å². The number of primary sulfonamides is 1. The fourth-order valence-corrected chi connectivity index (χ4v) is 2.07. The molecule has 0 bridgehead atoms. The van der Waals surface area contributed by atoms with Gasteiger partial charge < -0.3 is 9.47 Å². The van der Waals surface area contributed by atoms with Gasteiger partial charge in [0.1, 0.15) is 12.4 Å². The second kappa shape index (κ2) is 6.74. The lowest BCUT2D eigenvalue weighted by molar-refractivity contribution is -0.144. The number of rotatable bonds is 6. The molecule has 0 radical (unpaired) electrons. The van der Waals surface area contributed by atoms with Crippen LogP contribution in [0.15, 0.2) is 23.1 Å². The molecule has 106 valence electrons. The van der Waals surface area contributed by atoms with Crippen LogP contribution in [0.3, 0.4) is 0 Å². The van der Waals surface area contributed by atoms with Crippen molar-refractivity contribution in [3.63, 3.8) is 0 Å². The third-order valence-electron chi connectivity index (χ3n) is 2.27. The number of nitrogens with two attached hydrogens (primary N) is 1. The molecule has 0 atom stereocenters. The van der Waals surface area contributed by atoms with E-state index in [1.165, 1.54) is 25.3 Å². The quantitative estimate of drug-likeness (QED) is 0.625. The van der Waals surface area contributed by atoms with Gasteiger partial charge in [-0.05, 0) is 18.2 Å². The Hall–Kier alpha value is -1.31. The van der Waals surface area contributed by atoms with E-state index in [2.05, 4.69) is 0 Å². The predicted molar refractivity (Wildman–Crippen MR) is 69.5 cm³/mol. The summed E-state index contributed by atoms with van der Waals surface area (Å²) < 4.78 is 32.5. The van der Waals surface area contributed by atoms with Crippen molar-refractivity contribution in [1.29, 1.82) is 0 Å². The molecule has 0 aromatic heterocycles. The van der Waals surface area contributed by atoms with Crippen LogP contribution >= 0.6 is 11.6 Å². The zero-order valence-corrected chi connectivity index (χ0v) is 11.8. The van der Waals surface area contributed by atoms with Gasteiger partial charge >= 0.3 is 5.97 Å². The molecule has 0 amide bonds.